The van der Waals surface area contributed by atoms with Gasteiger partial charge in [0.15, 0.2) is 0 Å². The quantitative estimate of drug-likeness (QED) is 0.800. The fraction of sp³-hybridized carbons (Fsp3) is 0.933. The third-order valence-electron chi connectivity index (χ3n) is 4.73. The number of hydrogen-bond acceptors (Lipinski definition) is 3. The van der Waals surface area contributed by atoms with E-state index in [-0.39, 0.29) is 18.1 Å². The molecule has 0 bridgehead atoms. The summed E-state index contributed by atoms with van der Waals surface area (Å²) in [4.78, 5) is 12.3. The minimum absolute atomic E-state index is 0.0670. The molecular formula is C15H28N2O2. The zero-order chi connectivity index (χ0) is 13.7. The second kappa shape index (κ2) is 7.25. The molecule has 2 aliphatic rings. The Labute approximate surface area is 116 Å². The Morgan fingerprint density at radius 3 is 2.68 bits per heavy atom. The molecule has 0 radical (unpaired) electrons. The fourth-order valence-electron chi connectivity index (χ4n) is 3.46. The molecule has 0 aromatic heterocycles. The van der Waals surface area contributed by atoms with Gasteiger partial charge < -0.3 is 15.4 Å². The van der Waals surface area contributed by atoms with E-state index < -0.39 is 0 Å². The maximum atomic E-state index is 12.3. The van der Waals surface area contributed by atoms with Crippen LogP contribution in [0, 0.1) is 5.92 Å². The van der Waals surface area contributed by atoms with Gasteiger partial charge in [-0.1, -0.05) is 26.2 Å². The molecule has 1 aliphatic heterocycles. The Hall–Kier alpha value is -0.610. The average Bonchev–Trinajstić information content (AvgIpc) is 2.94. The van der Waals surface area contributed by atoms with Crippen molar-refractivity contribution in [1.29, 1.82) is 0 Å². The molecule has 0 aromatic carbocycles. The zero-order valence-corrected chi connectivity index (χ0v) is 12.3. The standard InChI is InChI=1S/C15H28N2O2/c1-3-13(11-7-5-4-6-8-11)17-15(18)14-9-12(19-2)10-16-14/h11-14,16H,3-10H2,1-2H3,(H,17,18). The molecule has 2 N–H and O–H groups in total. The van der Waals surface area contributed by atoms with Crippen LogP contribution in [0.15, 0.2) is 0 Å². The predicted octanol–water partition coefficient (Wildman–Crippen LogP) is 1.84. The summed E-state index contributed by atoms with van der Waals surface area (Å²) >= 11 is 0. The summed E-state index contributed by atoms with van der Waals surface area (Å²) in [5, 5.41) is 6.52. The van der Waals surface area contributed by atoms with E-state index in [4.69, 9.17) is 4.74 Å². The van der Waals surface area contributed by atoms with Gasteiger partial charge in [-0.2, -0.15) is 0 Å². The summed E-state index contributed by atoms with van der Waals surface area (Å²) in [5.41, 5.74) is 0. The summed E-state index contributed by atoms with van der Waals surface area (Å²) in [6.07, 6.45) is 8.58. The molecule has 2 rings (SSSR count). The smallest absolute Gasteiger partial charge is 0.237 e. The highest BCUT2D eigenvalue weighted by Gasteiger charge is 2.31. The molecule has 3 atom stereocenters. The van der Waals surface area contributed by atoms with Gasteiger partial charge in [0.25, 0.3) is 0 Å². The molecule has 1 heterocycles. The fourth-order valence-corrected chi connectivity index (χ4v) is 3.46. The van der Waals surface area contributed by atoms with Crippen LogP contribution in [-0.4, -0.2) is 37.7 Å². The molecule has 1 saturated carbocycles. The van der Waals surface area contributed by atoms with E-state index in [1.807, 2.05) is 0 Å². The van der Waals surface area contributed by atoms with Gasteiger partial charge in [0.1, 0.15) is 0 Å². The van der Waals surface area contributed by atoms with E-state index in [1.165, 1.54) is 32.1 Å². The number of ether oxygens (including phenoxy) is 1. The second-order valence-electron chi connectivity index (χ2n) is 5.98. The van der Waals surface area contributed by atoms with Crippen LogP contribution in [0.25, 0.3) is 0 Å². The van der Waals surface area contributed by atoms with Gasteiger partial charge in [-0.25, -0.2) is 0 Å². The van der Waals surface area contributed by atoms with Crippen molar-refractivity contribution in [3.8, 4) is 0 Å². The van der Waals surface area contributed by atoms with E-state index in [0.717, 1.165) is 19.4 Å². The number of carbonyl (C=O) groups excluding carboxylic acids is 1. The summed E-state index contributed by atoms with van der Waals surface area (Å²) in [6.45, 7) is 2.97. The van der Waals surface area contributed by atoms with Gasteiger partial charge in [0, 0.05) is 19.7 Å². The van der Waals surface area contributed by atoms with Gasteiger partial charge in [0.2, 0.25) is 5.91 Å². The number of hydrogen-bond donors (Lipinski definition) is 2. The molecule has 0 aromatic rings. The van der Waals surface area contributed by atoms with Crippen LogP contribution >= 0.6 is 0 Å². The third kappa shape index (κ3) is 3.93. The summed E-state index contributed by atoms with van der Waals surface area (Å²) < 4.78 is 5.30. The largest absolute Gasteiger partial charge is 0.380 e. The van der Waals surface area contributed by atoms with Gasteiger partial charge in [-0.05, 0) is 31.6 Å². The van der Waals surface area contributed by atoms with E-state index >= 15 is 0 Å². The van der Waals surface area contributed by atoms with Gasteiger partial charge in [0.05, 0.1) is 12.1 Å². The van der Waals surface area contributed by atoms with Crippen molar-refractivity contribution in [1.82, 2.24) is 10.6 Å². The van der Waals surface area contributed by atoms with Gasteiger partial charge in [-0.3, -0.25) is 4.79 Å². The molecule has 110 valence electrons. The molecule has 2 fully saturated rings. The average molecular weight is 268 g/mol. The van der Waals surface area contributed by atoms with Crippen molar-refractivity contribution in [2.24, 2.45) is 5.92 Å². The van der Waals surface area contributed by atoms with Crippen molar-refractivity contribution in [3.05, 3.63) is 0 Å². The van der Waals surface area contributed by atoms with Crippen LogP contribution in [0.5, 0.6) is 0 Å². The number of methoxy groups -OCH3 is 1. The number of nitrogens with one attached hydrogen (secondary N) is 2. The molecular weight excluding hydrogens is 240 g/mol. The molecule has 4 nitrogen and oxygen atoms in total. The second-order valence-corrected chi connectivity index (χ2v) is 5.98. The zero-order valence-electron chi connectivity index (χ0n) is 12.3. The van der Waals surface area contributed by atoms with Crippen molar-refractivity contribution < 1.29 is 9.53 Å². The van der Waals surface area contributed by atoms with Crippen LogP contribution < -0.4 is 10.6 Å². The monoisotopic (exact) mass is 268 g/mol. The Kier molecular flexibility index (Phi) is 5.64. The molecule has 4 heteroatoms. The molecule has 19 heavy (non-hydrogen) atoms. The number of rotatable bonds is 5. The van der Waals surface area contributed by atoms with Crippen molar-refractivity contribution in [2.45, 2.75) is 70.1 Å². The number of carbonyl (C=O) groups is 1. The van der Waals surface area contributed by atoms with E-state index in [9.17, 15) is 4.79 Å². The van der Waals surface area contributed by atoms with Gasteiger partial charge in [-0.15, -0.1) is 0 Å². The van der Waals surface area contributed by atoms with E-state index in [0.29, 0.717) is 12.0 Å². The maximum Gasteiger partial charge on any atom is 0.237 e. The summed E-state index contributed by atoms with van der Waals surface area (Å²) in [5.74, 6) is 0.847. The lowest BCUT2D eigenvalue weighted by Crippen LogP contribution is -2.48. The lowest BCUT2D eigenvalue weighted by molar-refractivity contribution is -0.124. The van der Waals surface area contributed by atoms with Crippen LogP contribution in [0.1, 0.15) is 51.9 Å². The Morgan fingerprint density at radius 1 is 1.37 bits per heavy atom. The number of amides is 1. The Morgan fingerprint density at radius 2 is 2.11 bits per heavy atom. The minimum Gasteiger partial charge on any atom is -0.380 e. The summed E-state index contributed by atoms with van der Waals surface area (Å²) in [6, 6.07) is 0.291. The van der Waals surface area contributed by atoms with Crippen LogP contribution in [0.4, 0.5) is 0 Å². The molecule has 3 unspecified atom stereocenters. The van der Waals surface area contributed by atoms with E-state index in [1.54, 1.807) is 7.11 Å². The van der Waals surface area contributed by atoms with Crippen molar-refractivity contribution in [2.75, 3.05) is 13.7 Å². The summed E-state index contributed by atoms with van der Waals surface area (Å²) in [7, 11) is 1.71. The maximum absolute atomic E-state index is 12.3. The first-order valence-corrected chi connectivity index (χ1v) is 7.81. The first kappa shape index (κ1) is 14.8. The van der Waals surface area contributed by atoms with Crippen LogP contribution in [-0.2, 0) is 9.53 Å². The predicted molar refractivity (Wildman–Crippen MR) is 76.0 cm³/mol. The normalized spacial score (nSPS) is 30.2. The van der Waals surface area contributed by atoms with Crippen molar-refractivity contribution in [3.63, 3.8) is 0 Å². The molecule has 1 aliphatic carbocycles. The van der Waals surface area contributed by atoms with Crippen LogP contribution in [0.3, 0.4) is 0 Å². The third-order valence-corrected chi connectivity index (χ3v) is 4.73. The highest BCUT2D eigenvalue weighted by Crippen LogP contribution is 2.27. The molecule has 0 spiro atoms. The molecule has 1 amide bonds. The van der Waals surface area contributed by atoms with Crippen molar-refractivity contribution >= 4 is 5.91 Å². The first-order valence-electron chi connectivity index (χ1n) is 7.81. The first-order chi connectivity index (χ1) is 9.24. The highest BCUT2D eigenvalue weighted by atomic mass is 16.5. The topological polar surface area (TPSA) is 50.4 Å². The Balaban J connectivity index is 1.82. The van der Waals surface area contributed by atoms with Crippen LogP contribution in [0.2, 0.25) is 0 Å². The Bertz CT molecular complexity index is 290. The lowest BCUT2D eigenvalue weighted by Gasteiger charge is -2.31. The minimum atomic E-state index is -0.0670. The van der Waals surface area contributed by atoms with Gasteiger partial charge >= 0.3 is 0 Å². The molecule has 1 saturated heterocycles. The lowest BCUT2D eigenvalue weighted by atomic mass is 9.83. The highest BCUT2D eigenvalue weighted by molar-refractivity contribution is 5.82. The van der Waals surface area contributed by atoms with E-state index in [2.05, 4.69) is 17.6 Å². The SMILES string of the molecule is CCC(NC(=O)C1CC(OC)CN1)C1CCCCC1.